The van der Waals surface area contributed by atoms with E-state index in [-0.39, 0.29) is 0 Å². The Labute approximate surface area is 121 Å². The minimum Gasteiger partial charge on any atom is -0.385 e. The van der Waals surface area contributed by atoms with Crippen LogP contribution in [0.4, 0.5) is 0 Å². The largest absolute Gasteiger partial charge is 0.385 e. The molecule has 0 bridgehead atoms. The van der Waals surface area contributed by atoms with Gasteiger partial charge in [-0.2, -0.15) is 0 Å². The number of hydrogen-bond donors (Lipinski definition) is 1. The van der Waals surface area contributed by atoms with E-state index in [2.05, 4.69) is 15.9 Å². The molecule has 1 atom stereocenters. The highest BCUT2D eigenvalue weighted by Gasteiger charge is 2.23. The molecule has 3 heteroatoms. The Bertz CT molecular complexity index is 534. The van der Waals surface area contributed by atoms with Crippen molar-refractivity contribution in [3.8, 4) is 0 Å². The van der Waals surface area contributed by atoms with Crippen LogP contribution < -0.4 is 0 Å². The van der Waals surface area contributed by atoms with Crippen LogP contribution in [0.2, 0.25) is 5.02 Å². The summed E-state index contributed by atoms with van der Waals surface area (Å²) in [4.78, 5) is 0. The number of hydrogen-bond acceptors (Lipinski definition) is 1. The number of halogens is 2. The maximum Gasteiger partial charge on any atom is 0.0909 e. The molecule has 2 aromatic carbocycles. The van der Waals surface area contributed by atoms with E-state index in [4.69, 9.17) is 11.6 Å². The molecule has 2 aromatic rings. The van der Waals surface area contributed by atoms with E-state index in [9.17, 15) is 5.11 Å². The minimum absolute atomic E-state index is 0.556. The topological polar surface area (TPSA) is 20.2 Å². The molecule has 0 saturated carbocycles. The smallest absolute Gasteiger partial charge is 0.0909 e. The van der Waals surface area contributed by atoms with Gasteiger partial charge in [-0.25, -0.2) is 0 Å². The molecule has 1 nitrogen and oxygen atoms in total. The van der Waals surface area contributed by atoms with Gasteiger partial charge in [0, 0.05) is 15.9 Å². The Morgan fingerprint density at radius 3 is 2.44 bits per heavy atom. The zero-order valence-electron chi connectivity index (χ0n) is 10.0. The Balaban J connectivity index is 2.23. The highest BCUT2D eigenvalue weighted by atomic mass is 79.9. The van der Waals surface area contributed by atoms with Crippen molar-refractivity contribution in [2.24, 2.45) is 0 Å². The van der Waals surface area contributed by atoms with Gasteiger partial charge in [0.25, 0.3) is 0 Å². The predicted molar refractivity (Wildman–Crippen MR) is 78.9 cm³/mol. The van der Waals surface area contributed by atoms with Crippen LogP contribution in [0.15, 0.2) is 53.0 Å². The van der Waals surface area contributed by atoms with Gasteiger partial charge in [0.1, 0.15) is 0 Å². The summed E-state index contributed by atoms with van der Waals surface area (Å²) in [6.45, 7) is 1.81. The van der Waals surface area contributed by atoms with E-state index >= 15 is 0 Å². The average molecular weight is 326 g/mol. The van der Waals surface area contributed by atoms with Crippen LogP contribution >= 0.6 is 27.5 Å². The van der Waals surface area contributed by atoms with Crippen molar-refractivity contribution in [3.63, 3.8) is 0 Å². The van der Waals surface area contributed by atoms with Crippen LogP contribution in [-0.4, -0.2) is 5.11 Å². The molecule has 0 aliphatic heterocycles. The third-order valence-corrected chi connectivity index (χ3v) is 3.67. The first-order valence-corrected chi connectivity index (χ1v) is 6.87. The summed E-state index contributed by atoms with van der Waals surface area (Å²) in [7, 11) is 0. The molecule has 0 spiro atoms. The van der Waals surface area contributed by atoms with Crippen LogP contribution in [0, 0.1) is 0 Å². The fraction of sp³-hybridized carbons (Fsp3) is 0.200. The van der Waals surface area contributed by atoms with Crippen LogP contribution in [0.5, 0.6) is 0 Å². The highest BCUT2D eigenvalue weighted by Crippen LogP contribution is 2.27. The Morgan fingerprint density at radius 1 is 1.17 bits per heavy atom. The SMILES string of the molecule is CC(O)(Cc1ccc(Br)cc1)c1cccc(Cl)c1. The zero-order valence-corrected chi connectivity index (χ0v) is 12.4. The van der Waals surface area contributed by atoms with Gasteiger partial charge < -0.3 is 5.11 Å². The van der Waals surface area contributed by atoms with Crippen LogP contribution in [-0.2, 0) is 12.0 Å². The van der Waals surface area contributed by atoms with Gasteiger partial charge in [-0.05, 0) is 42.3 Å². The first-order valence-electron chi connectivity index (χ1n) is 5.70. The molecule has 0 aliphatic rings. The van der Waals surface area contributed by atoms with Crippen molar-refractivity contribution >= 4 is 27.5 Å². The molecule has 0 heterocycles. The third-order valence-electron chi connectivity index (χ3n) is 2.91. The highest BCUT2D eigenvalue weighted by molar-refractivity contribution is 9.10. The van der Waals surface area contributed by atoms with Crippen molar-refractivity contribution in [2.45, 2.75) is 18.9 Å². The van der Waals surface area contributed by atoms with E-state index in [0.717, 1.165) is 15.6 Å². The first kappa shape index (κ1) is 13.6. The zero-order chi connectivity index (χ0) is 13.2. The summed E-state index contributed by atoms with van der Waals surface area (Å²) < 4.78 is 1.04. The Hall–Kier alpha value is -0.830. The van der Waals surface area contributed by atoms with E-state index in [1.807, 2.05) is 36.4 Å². The van der Waals surface area contributed by atoms with Crippen LogP contribution in [0.25, 0.3) is 0 Å². The molecule has 1 N–H and O–H groups in total. The monoisotopic (exact) mass is 324 g/mol. The standard InChI is InChI=1S/C15H14BrClO/c1-15(18,12-3-2-4-14(17)9-12)10-11-5-7-13(16)8-6-11/h2-9,18H,10H2,1H3. The van der Waals surface area contributed by atoms with Gasteiger partial charge in [-0.1, -0.05) is 51.8 Å². The van der Waals surface area contributed by atoms with Crippen molar-refractivity contribution < 1.29 is 5.11 Å². The summed E-state index contributed by atoms with van der Waals surface area (Å²) in [5, 5.41) is 11.2. The van der Waals surface area contributed by atoms with E-state index in [0.29, 0.717) is 11.4 Å². The summed E-state index contributed by atoms with van der Waals surface area (Å²) in [5.74, 6) is 0. The number of aliphatic hydroxyl groups is 1. The van der Waals surface area contributed by atoms with Gasteiger partial charge >= 0.3 is 0 Å². The normalized spacial score (nSPS) is 14.2. The summed E-state index contributed by atoms with van der Waals surface area (Å²) in [5.41, 5.74) is 1.000. The Kier molecular flexibility index (Phi) is 4.10. The Morgan fingerprint density at radius 2 is 1.83 bits per heavy atom. The number of rotatable bonds is 3. The van der Waals surface area contributed by atoms with E-state index in [1.165, 1.54) is 0 Å². The molecule has 0 aliphatic carbocycles. The fourth-order valence-electron chi connectivity index (χ4n) is 1.93. The van der Waals surface area contributed by atoms with Crippen molar-refractivity contribution in [2.75, 3.05) is 0 Å². The molecule has 1 unspecified atom stereocenters. The maximum absolute atomic E-state index is 10.6. The molecule has 0 radical (unpaired) electrons. The molecular formula is C15H14BrClO. The molecule has 2 rings (SSSR count). The van der Waals surface area contributed by atoms with Crippen LogP contribution in [0.1, 0.15) is 18.1 Å². The first-order chi connectivity index (χ1) is 8.47. The molecule has 0 aromatic heterocycles. The fourth-order valence-corrected chi connectivity index (χ4v) is 2.38. The predicted octanol–water partition coefficient (Wildman–Crippen LogP) is 4.55. The van der Waals surface area contributed by atoms with Gasteiger partial charge in [-0.15, -0.1) is 0 Å². The van der Waals surface area contributed by atoms with Gasteiger partial charge in [0.05, 0.1) is 5.60 Å². The lowest BCUT2D eigenvalue weighted by Gasteiger charge is -2.24. The lowest BCUT2D eigenvalue weighted by molar-refractivity contribution is 0.0576. The summed E-state index contributed by atoms with van der Waals surface area (Å²) in [6, 6.07) is 15.3. The summed E-state index contributed by atoms with van der Waals surface area (Å²) in [6.07, 6.45) is 0.556. The number of benzene rings is 2. The quantitative estimate of drug-likeness (QED) is 0.877. The molecule has 18 heavy (non-hydrogen) atoms. The van der Waals surface area contributed by atoms with Gasteiger partial charge in [0.2, 0.25) is 0 Å². The average Bonchev–Trinajstić information content (AvgIpc) is 2.32. The minimum atomic E-state index is -0.918. The summed E-state index contributed by atoms with van der Waals surface area (Å²) >= 11 is 9.36. The lowest BCUT2D eigenvalue weighted by atomic mass is 9.89. The second-order valence-corrected chi connectivity index (χ2v) is 5.94. The van der Waals surface area contributed by atoms with E-state index < -0.39 is 5.60 Å². The second kappa shape index (κ2) is 5.43. The molecule has 0 amide bonds. The molecule has 0 saturated heterocycles. The third kappa shape index (κ3) is 3.35. The van der Waals surface area contributed by atoms with Crippen LogP contribution in [0.3, 0.4) is 0 Å². The molecular weight excluding hydrogens is 312 g/mol. The van der Waals surface area contributed by atoms with Crippen molar-refractivity contribution in [1.29, 1.82) is 0 Å². The van der Waals surface area contributed by atoms with Crippen molar-refractivity contribution in [1.82, 2.24) is 0 Å². The molecule has 0 fully saturated rings. The van der Waals surface area contributed by atoms with E-state index in [1.54, 1.807) is 19.1 Å². The molecule has 94 valence electrons. The van der Waals surface area contributed by atoms with Crippen molar-refractivity contribution in [3.05, 3.63) is 69.2 Å². The second-order valence-electron chi connectivity index (χ2n) is 4.59. The maximum atomic E-state index is 10.6. The van der Waals surface area contributed by atoms with Gasteiger partial charge in [0.15, 0.2) is 0 Å². The lowest BCUT2D eigenvalue weighted by Crippen LogP contribution is -2.24. The van der Waals surface area contributed by atoms with Gasteiger partial charge in [-0.3, -0.25) is 0 Å².